The SMILES string of the molecule is CC(C)Sc1cccc2c1CCCN2. The molecule has 76 valence electrons. The Bertz CT molecular complexity index is 320. The molecule has 0 atom stereocenters. The number of hydrogen-bond acceptors (Lipinski definition) is 2. The fourth-order valence-corrected chi connectivity index (χ4v) is 2.86. The second kappa shape index (κ2) is 4.26. The molecule has 1 N–H and O–H groups in total. The lowest BCUT2D eigenvalue weighted by atomic mass is 10.0. The number of nitrogens with one attached hydrogen (secondary N) is 1. The summed E-state index contributed by atoms with van der Waals surface area (Å²) in [5, 5.41) is 4.13. The molecule has 0 saturated heterocycles. The van der Waals surface area contributed by atoms with E-state index in [1.807, 2.05) is 11.8 Å². The molecule has 1 heterocycles. The van der Waals surface area contributed by atoms with Crippen LogP contribution in [0, 0.1) is 0 Å². The van der Waals surface area contributed by atoms with E-state index in [0.717, 1.165) is 6.54 Å². The minimum absolute atomic E-state index is 0.670. The third kappa shape index (κ3) is 2.06. The number of thioether (sulfide) groups is 1. The number of hydrogen-bond donors (Lipinski definition) is 1. The zero-order chi connectivity index (χ0) is 9.97. The molecule has 1 aliphatic rings. The number of rotatable bonds is 2. The highest BCUT2D eigenvalue weighted by Gasteiger charge is 2.12. The second-order valence-electron chi connectivity index (χ2n) is 3.98. The molecule has 0 aromatic heterocycles. The summed E-state index contributed by atoms with van der Waals surface area (Å²) >= 11 is 1.97. The van der Waals surface area contributed by atoms with Crippen molar-refractivity contribution in [3.63, 3.8) is 0 Å². The van der Waals surface area contributed by atoms with Crippen molar-refractivity contribution >= 4 is 17.4 Å². The standard InChI is InChI=1S/C12H17NS/c1-9(2)14-12-7-3-6-11-10(12)5-4-8-13-11/h3,6-7,9,13H,4-5,8H2,1-2H3. The molecule has 2 rings (SSSR count). The van der Waals surface area contributed by atoms with Gasteiger partial charge in [-0.25, -0.2) is 0 Å². The quantitative estimate of drug-likeness (QED) is 0.744. The number of fused-ring (bicyclic) bond motifs is 1. The maximum absolute atomic E-state index is 3.46. The molecule has 2 heteroatoms. The molecule has 1 nitrogen and oxygen atoms in total. The van der Waals surface area contributed by atoms with Gasteiger partial charge >= 0.3 is 0 Å². The van der Waals surface area contributed by atoms with Crippen LogP contribution in [0.1, 0.15) is 25.8 Å². The van der Waals surface area contributed by atoms with E-state index in [2.05, 4.69) is 37.4 Å². The van der Waals surface area contributed by atoms with Crippen molar-refractivity contribution in [2.45, 2.75) is 36.8 Å². The van der Waals surface area contributed by atoms with Crippen LogP contribution in [-0.4, -0.2) is 11.8 Å². The van der Waals surface area contributed by atoms with Crippen molar-refractivity contribution in [2.24, 2.45) is 0 Å². The van der Waals surface area contributed by atoms with Crippen LogP contribution in [-0.2, 0) is 6.42 Å². The van der Waals surface area contributed by atoms with Crippen LogP contribution in [0.15, 0.2) is 23.1 Å². The first-order chi connectivity index (χ1) is 6.77. The van der Waals surface area contributed by atoms with Gasteiger partial charge in [-0.15, -0.1) is 11.8 Å². The molecule has 0 amide bonds. The van der Waals surface area contributed by atoms with E-state index in [9.17, 15) is 0 Å². The maximum atomic E-state index is 3.46. The van der Waals surface area contributed by atoms with E-state index in [-0.39, 0.29) is 0 Å². The van der Waals surface area contributed by atoms with Crippen LogP contribution in [0.3, 0.4) is 0 Å². The fraction of sp³-hybridized carbons (Fsp3) is 0.500. The average Bonchev–Trinajstić information content (AvgIpc) is 2.18. The normalized spacial score (nSPS) is 15.1. The zero-order valence-corrected chi connectivity index (χ0v) is 9.66. The summed E-state index contributed by atoms with van der Waals surface area (Å²) in [6.07, 6.45) is 2.50. The third-order valence-electron chi connectivity index (χ3n) is 2.41. The van der Waals surface area contributed by atoms with Gasteiger partial charge in [-0.2, -0.15) is 0 Å². The minimum atomic E-state index is 0.670. The van der Waals surface area contributed by atoms with Crippen molar-refractivity contribution < 1.29 is 0 Å². The smallest absolute Gasteiger partial charge is 0.0383 e. The Balaban J connectivity index is 2.30. The zero-order valence-electron chi connectivity index (χ0n) is 8.84. The summed E-state index contributed by atoms with van der Waals surface area (Å²) < 4.78 is 0. The van der Waals surface area contributed by atoms with Gasteiger partial charge in [0.1, 0.15) is 0 Å². The number of anilines is 1. The molecular formula is C12H17NS. The van der Waals surface area contributed by atoms with Crippen LogP contribution in [0.5, 0.6) is 0 Å². The van der Waals surface area contributed by atoms with Gasteiger partial charge in [-0.1, -0.05) is 19.9 Å². The average molecular weight is 207 g/mol. The highest BCUT2D eigenvalue weighted by atomic mass is 32.2. The topological polar surface area (TPSA) is 12.0 Å². The molecule has 0 spiro atoms. The maximum Gasteiger partial charge on any atom is 0.0383 e. The van der Waals surface area contributed by atoms with Gasteiger partial charge in [0, 0.05) is 22.4 Å². The minimum Gasteiger partial charge on any atom is -0.385 e. The molecule has 0 saturated carbocycles. The predicted molar refractivity (Wildman–Crippen MR) is 64.2 cm³/mol. The first-order valence-corrected chi connectivity index (χ1v) is 6.18. The van der Waals surface area contributed by atoms with Crippen molar-refractivity contribution in [3.05, 3.63) is 23.8 Å². The van der Waals surface area contributed by atoms with Gasteiger partial charge < -0.3 is 5.32 Å². The van der Waals surface area contributed by atoms with Crippen LogP contribution < -0.4 is 5.32 Å². The lowest BCUT2D eigenvalue weighted by Gasteiger charge is -2.21. The van der Waals surface area contributed by atoms with Crippen LogP contribution in [0.2, 0.25) is 0 Å². The molecule has 0 unspecified atom stereocenters. The Morgan fingerprint density at radius 3 is 3.00 bits per heavy atom. The third-order valence-corrected chi connectivity index (χ3v) is 3.52. The van der Waals surface area contributed by atoms with Gasteiger partial charge in [0.15, 0.2) is 0 Å². The Labute approximate surface area is 90.3 Å². The Morgan fingerprint density at radius 2 is 2.21 bits per heavy atom. The van der Waals surface area contributed by atoms with Gasteiger partial charge in [0.2, 0.25) is 0 Å². The van der Waals surface area contributed by atoms with Crippen molar-refractivity contribution in [2.75, 3.05) is 11.9 Å². The van der Waals surface area contributed by atoms with E-state index in [0.29, 0.717) is 5.25 Å². The van der Waals surface area contributed by atoms with E-state index in [4.69, 9.17) is 0 Å². The summed E-state index contributed by atoms with van der Waals surface area (Å²) in [6.45, 7) is 5.63. The molecule has 0 bridgehead atoms. The van der Waals surface area contributed by atoms with Crippen molar-refractivity contribution in [1.82, 2.24) is 0 Å². The molecule has 0 aliphatic carbocycles. The van der Waals surface area contributed by atoms with Gasteiger partial charge in [0.25, 0.3) is 0 Å². The number of benzene rings is 1. The van der Waals surface area contributed by atoms with Crippen LogP contribution in [0.25, 0.3) is 0 Å². The second-order valence-corrected chi connectivity index (χ2v) is 5.60. The van der Waals surface area contributed by atoms with E-state index in [1.165, 1.54) is 29.0 Å². The molecular weight excluding hydrogens is 190 g/mol. The highest BCUT2D eigenvalue weighted by Crippen LogP contribution is 2.33. The van der Waals surface area contributed by atoms with Crippen LogP contribution >= 0.6 is 11.8 Å². The van der Waals surface area contributed by atoms with Gasteiger partial charge in [0.05, 0.1) is 0 Å². The Kier molecular flexibility index (Phi) is 3.02. The fourth-order valence-electron chi connectivity index (χ4n) is 1.84. The lowest BCUT2D eigenvalue weighted by molar-refractivity contribution is 0.814. The molecule has 1 aliphatic heterocycles. The molecule has 14 heavy (non-hydrogen) atoms. The predicted octanol–water partition coefficient (Wildman–Crippen LogP) is 3.55. The van der Waals surface area contributed by atoms with Crippen molar-refractivity contribution in [1.29, 1.82) is 0 Å². The molecule has 0 fully saturated rings. The van der Waals surface area contributed by atoms with E-state index < -0.39 is 0 Å². The first-order valence-electron chi connectivity index (χ1n) is 5.30. The molecule has 1 aromatic carbocycles. The lowest BCUT2D eigenvalue weighted by Crippen LogP contribution is -2.12. The summed E-state index contributed by atoms with van der Waals surface area (Å²) in [5.74, 6) is 0. The largest absolute Gasteiger partial charge is 0.385 e. The highest BCUT2D eigenvalue weighted by molar-refractivity contribution is 8.00. The Morgan fingerprint density at radius 1 is 1.36 bits per heavy atom. The van der Waals surface area contributed by atoms with Gasteiger partial charge in [-0.05, 0) is 30.5 Å². The summed E-state index contributed by atoms with van der Waals surface area (Å²) in [7, 11) is 0. The summed E-state index contributed by atoms with van der Waals surface area (Å²) in [6, 6.07) is 6.59. The Hall–Kier alpha value is -0.630. The summed E-state index contributed by atoms with van der Waals surface area (Å²) in [4.78, 5) is 1.46. The van der Waals surface area contributed by atoms with E-state index in [1.54, 1.807) is 0 Å². The first kappa shape index (κ1) is 9.91. The van der Waals surface area contributed by atoms with Crippen LogP contribution in [0.4, 0.5) is 5.69 Å². The molecule has 1 aromatic rings. The summed E-state index contributed by atoms with van der Waals surface area (Å²) in [5.41, 5.74) is 2.87. The van der Waals surface area contributed by atoms with E-state index >= 15 is 0 Å². The van der Waals surface area contributed by atoms with Gasteiger partial charge in [-0.3, -0.25) is 0 Å². The monoisotopic (exact) mass is 207 g/mol. The molecule has 0 radical (unpaired) electrons. The van der Waals surface area contributed by atoms with Crippen molar-refractivity contribution in [3.8, 4) is 0 Å².